The van der Waals surface area contributed by atoms with Crippen LogP contribution >= 0.6 is 0 Å². The van der Waals surface area contributed by atoms with Crippen LogP contribution in [0.25, 0.3) is 0 Å². The van der Waals surface area contributed by atoms with Crippen molar-refractivity contribution < 1.29 is 9.53 Å². The third kappa shape index (κ3) is 2.31. The first kappa shape index (κ1) is 15.2. The van der Waals surface area contributed by atoms with Gasteiger partial charge >= 0.3 is 0 Å². The molecular weight excluding hydrogens is 322 g/mol. The van der Waals surface area contributed by atoms with E-state index in [1.807, 2.05) is 54.6 Å². The summed E-state index contributed by atoms with van der Waals surface area (Å²) in [6.45, 7) is 0.759. The number of ether oxygens (including phenoxy) is 1. The Hall–Kier alpha value is -3.07. The first-order valence-electron chi connectivity index (χ1n) is 9.03. The minimum Gasteiger partial charge on any atom is -0.457 e. The summed E-state index contributed by atoms with van der Waals surface area (Å²) in [6.07, 6.45) is 0.585. The highest BCUT2D eigenvalue weighted by Gasteiger charge is 2.43. The van der Waals surface area contributed by atoms with Crippen molar-refractivity contribution in [3.05, 3.63) is 90.0 Å². The molecule has 2 aliphatic heterocycles. The molecule has 3 aromatic carbocycles. The smallest absolute Gasteiger partial charge is 0.157 e. The van der Waals surface area contributed by atoms with Gasteiger partial charge in [0.1, 0.15) is 11.5 Å². The van der Waals surface area contributed by atoms with E-state index in [2.05, 4.69) is 29.2 Å². The summed E-state index contributed by atoms with van der Waals surface area (Å²) in [7, 11) is 0. The summed E-state index contributed by atoms with van der Waals surface area (Å²) < 4.78 is 6.11. The van der Waals surface area contributed by atoms with Gasteiger partial charge in [0.15, 0.2) is 5.78 Å². The number of benzene rings is 3. The van der Waals surface area contributed by atoms with Gasteiger partial charge in [-0.05, 0) is 24.3 Å². The van der Waals surface area contributed by atoms with Crippen LogP contribution in [0.1, 0.15) is 23.5 Å². The average Bonchev–Trinajstić information content (AvgIpc) is 3.08. The highest BCUT2D eigenvalue weighted by molar-refractivity contribution is 5.93. The van der Waals surface area contributed by atoms with Gasteiger partial charge < -0.3 is 9.64 Å². The molecule has 1 saturated heterocycles. The number of hydrogen-bond donors (Lipinski definition) is 0. The Balaban J connectivity index is 1.68. The monoisotopic (exact) mass is 341 g/mol. The molecule has 0 spiro atoms. The molecule has 1 unspecified atom stereocenters. The second-order valence-corrected chi connectivity index (χ2v) is 6.85. The van der Waals surface area contributed by atoms with E-state index in [4.69, 9.17) is 4.74 Å². The molecule has 0 amide bonds. The third-order valence-electron chi connectivity index (χ3n) is 5.40. The number of carbonyl (C=O) groups excluding carboxylic acids is 1. The quantitative estimate of drug-likeness (QED) is 0.672. The maximum atomic E-state index is 13.0. The lowest BCUT2D eigenvalue weighted by Gasteiger charge is -2.36. The zero-order valence-corrected chi connectivity index (χ0v) is 14.3. The molecule has 0 aromatic heterocycles. The van der Waals surface area contributed by atoms with E-state index in [-0.39, 0.29) is 12.0 Å². The summed E-state index contributed by atoms with van der Waals surface area (Å²) in [5.41, 5.74) is 3.28. The van der Waals surface area contributed by atoms with Crippen molar-refractivity contribution in [1.29, 1.82) is 0 Å². The SMILES string of the molecule is O=C1CCN(c2ccccc2)C1C1c2ccccc2Oc2ccccc21. The molecule has 128 valence electrons. The van der Waals surface area contributed by atoms with Crippen molar-refractivity contribution in [2.24, 2.45) is 0 Å². The summed E-state index contributed by atoms with van der Waals surface area (Å²) in [5.74, 6) is 1.98. The Labute approximate surface area is 152 Å². The number of anilines is 1. The van der Waals surface area contributed by atoms with Crippen molar-refractivity contribution >= 4 is 11.5 Å². The summed E-state index contributed by atoms with van der Waals surface area (Å²) in [4.78, 5) is 15.3. The van der Waals surface area contributed by atoms with Gasteiger partial charge in [0.05, 0.1) is 6.04 Å². The Kier molecular flexibility index (Phi) is 3.52. The van der Waals surface area contributed by atoms with E-state index < -0.39 is 0 Å². The molecule has 0 saturated carbocycles. The number of fused-ring (bicyclic) bond motifs is 2. The second-order valence-electron chi connectivity index (χ2n) is 6.85. The van der Waals surface area contributed by atoms with E-state index in [9.17, 15) is 4.79 Å². The van der Waals surface area contributed by atoms with E-state index in [1.54, 1.807) is 0 Å². The molecule has 0 bridgehead atoms. The maximum absolute atomic E-state index is 13.0. The largest absolute Gasteiger partial charge is 0.457 e. The van der Waals surface area contributed by atoms with Crippen LogP contribution in [0.15, 0.2) is 78.9 Å². The van der Waals surface area contributed by atoms with Gasteiger partial charge in [-0.1, -0.05) is 54.6 Å². The van der Waals surface area contributed by atoms with Crippen LogP contribution in [-0.2, 0) is 4.79 Å². The van der Waals surface area contributed by atoms with Gasteiger partial charge in [-0.2, -0.15) is 0 Å². The lowest BCUT2D eigenvalue weighted by molar-refractivity contribution is -0.118. The van der Waals surface area contributed by atoms with Gasteiger partial charge in [0.25, 0.3) is 0 Å². The van der Waals surface area contributed by atoms with Gasteiger partial charge in [-0.15, -0.1) is 0 Å². The number of rotatable bonds is 2. The first-order valence-corrected chi connectivity index (χ1v) is 9.03. The van der Waals surface area contributed by atoms with Crippen molar-refractivity contribution in [2.75, 3.05) is 11.4 Å². The number of para-hydroxylation sites is 3. The fourth-order valence-electron chi connectivity index (χ4n) is 4.25. The molecule has 3 aromatic rings. The molecular formula is C23H19NO2. The van der Waals surface area contributed by atoms with Gasteiger partial charge in [0.2, 0.25) is 0 Å². The molecule has 0 radical (unpaired) electrons. The molecule has 0 N–H and O–H groups in total. The van der Waals surface area contributed by atoms with Gasteiger partial charge in [0, 0.05) is 35.7 Å². The minimum atomic E-state index is -0.205. The zero-order valence-electron chi connectivity index (χ0n) is 14.3. The molecule has 0 aliphatic carbocycles. The van der Waals surface area contributed by atoms with Crippen LogP contribution in [0, 0.1) is 0 Å². The van der Waals surface area contributed by atoms with Crippen molar-refractivity contribution in [2.45, 2.75) is 18.4 Å². The van der Waals surface area contributed by atoms with E-state index in [0.29, 0.717) is 12.2 Å². The third-order valence-corrected chi connectivity index (χ3v) is 5.40. The van der Waals surface area contributed by atoms with Crippen molar-refractivity contribution in [1.82, 2.24) is 0 Å². The van der Waals surface area contributed by atoms with Crippen LogP contribution in [0.5, 0.6) is 11.5 Å². The average molecular weight is 341 g/mol. The predicted molar refractivity (Wildman–Crippen MR) is 102 cm³/mol. The van der Waals surface area contributed by atoms with Crippen LogP contribution in [0.2, 0.25) is 0 Å². The molecule has 1 fully saturated rings. The van der Waals surface area contributed by atoms with Crippen LogP contribution < -0.4 is 9.64 Å². The first-order chi connectivity index (χ1) is 12.8. The van der Waals surface area contributed by atoms with E-state index in [0.717, 1.165) is 34.9 Å². The van der Waals surface area contributed by atoms with Crippen molar-refractivity contribution in [3.63, 3.8) is 0 Å². The highest BCUT2D eigenvalue weighted by atomic mass is 16.5. The Morgan fingerprint density at radius 2 is 1.35 bits per heavy atom. The summed E-state index contributed by atoms with van der Waals surface area (Å²) in [5, 5.41) is 0. The van der Waals surface area contributed by atoms with Crippen LogP contribution in [0.3, 0.4) is 0 Å². The fraction of sp³-hybridized carbons (Fsp3) is 0.174. The molecule has 3 heteroatoms. The number of ketones is 1. The molecule has 1 atom stereocenters. The maximum Gasteiger partial charge on any atom is 0.157 e. The molecule has 3 nitrogen and oxygen atoms in total. The Morgan fingerprint density at radius 3 is 2.00 bits per heavy atom. The summed E-state index contributed by atoms with van der Waals surface area (Å²) in [6, 6.07) is 26.2. The van der Waals surface area contributed by atoms with Crippen molar-refractivity contribution in [3.8, 4) is 11.5 Å². The fourth-order valence-corrected chi connectivity index (χ4v) is 4.25. The predicted octanol–water partition coefficient (Wildman–Crippen LogP) is 4.77. The molecule has 2 aliphatic rings. The Morgan fingerprint density at radius 1 is 0.769 bits per heavy atom. The molecule has 2 heterocycles. The summed E-state index contributed by atoms with van der Waals surface area (Å²) >= 11 is 0. The number of hydrogen-bond acceptors (Lipinski definition) is 3. The van der Waals surface area contributed by atoms with Crippen LogP contribution in [-0.4, -0.2) is 18.4 Å². The second kappa shape index (κ2) is 6.03. The van der Waals surface area contributed by atoms with Gasteiger partial charge in [-0.3, -0.25) is 4.79 Å². The number of carbonyl (C=O) groups is 1. The van der Waals surface area contributed by atoms with E-state index >= 15 is 0 Å². The normalized spacial score (nSPS) is 19.0. The zero-order chi connectivity index (χ0) is 17.5. The topological polar surface area (TPSA) is 29.5 Å². The standard InChI is InChI=1S/C23H19NO2/c25-19-14-15-24(16-8-2-1-3-9-16)23(19)22-17-10-4-6-12-20(17)26-21-13-7-5-11-18(21)22/h1-13,22-23H,14-15H2. The minimum absolute atomic E-state index is 0.0219. The molecule has 5 rings (SSSR count). The van der Waals surface area contributed by atoms with E-state index in [1.165, 1.54) is 0 Å². The Bertz CT molecular complexity index is 921. The molecule has 26 heavy (non-hydrogen) atoms. The lowest BCUT2D eigenvalue weighted by Crippen LogP contribution is -2.40. The highest BCUT2D eigenvalue weighted by Crippen LogP contribution is 2.48. The number of Topliss-reactive ketones (excluding diaryl/α,β-unsaturated/α-hetero) is 1. The van der Waals surface area contributed by atoms with Gasteiger partial charge in [-0.25, -0.2) is 0 Å². The lowest BCUT2D eigenvalue weighted by atomic mass is 9.81. The number of nitrogens with zero attached hydrogens (tertiary/aromatic N) is 1. The van der Waals surface area contributed by atoms with Crippen LogP contribution in [0.4, 0.5) is 5.69 Å².